The highest BCUT2D eigenvalue weighted by Gasteiger charge is 2.31. The molecule has 144 valence electrons. The number of carbonyl (C=O) groups is 1. The van der Waals surface area contributed by atoms with Gasteiger partial charge in [0.25, 0.3) is 5.69 Å². The highest BCUT2D eigenvalue weighted by atomic mass is 16.6. The SMILES string of the molecule is CC1CN(c2ccc([N+](=O)[O-])c3ccccc23)CCN1C(=O)OC(C)(C)C. The van der Waals surface area contributed by atoms with Crippen molar-refractivity contribution in [3.05, 3.63) is 46.5 Å². The summed E-state index contributed by atoms with van der Waals surface area (Å²) in [6, 6.07) is 10.7. The van der Waals surface area contributed by atoms with Gasteiger partial charge in [0, 0.05) is 42.8 Å². The molecule has 2 aromatic carbocycles. The number of rotatable bonds is 2. The molecule has 0 aromatic heterocycles. The molecule has 1 atom stereocenters. The Morgan fingerprint density at radius 2 is 1.81 bits per heavy atom. The van der Waals surface area contributed by atoms with E-state index in [1.807, 2.05) is 45.9 Å². The number of amides is 1. The van der Waals surface area contributed by atoms with Crippen molar-refractivity contribution >= 4 is 28.2 Å². The van der Waals surface area contributed by atoms with Gasteiger partial charge in [-0.2, -0.15) is 0 Å². The van der Waals surface area contributed by atoms with Crippen molar-refractivity contribution in [2.75, 3.05) is 24.5 Å². The zero-order chi connectivity index (χ0) is 19.8. The van der Waals surface area contributed by atoms with Crippen LogP contribution in [0.1, 0.15) is 27.7 Å². The molecule has 1 amide bonds. The van der Waals surface area contributed by atoms with Gasteiger partial charge in [0.05, 0.1) is 10.3 Å². The number of non-ortho nitro benzene ring substituents is 1. The molecule has 1 aliphatic heterocycles. The third-order valence-electron chi connectivity index (χ3n) is 4.67. The number of benzene rings is 2. The highest BCUT2D eigenvalue weighted by Crippen LogP contribution is 2.34. The van der Waals surface area contributed by atoms with Crippen LogP contribution in [0.3, 0.4) is 0 Å². The number of nitro benzene ring substituents is 1. The van der Waals surface area contributed by atoms with E-state index in [-0.39, 0.29) is 22.7 Å². The molecule has 7 heteroatoms. The summed E-state index contributed by atoms with van der Waals surface area (Å²) in [5.74, 6) is 0. The number of piperazine rings is 1. The van der Waals surface area contributed by atoms with Crippen LogP contribution in [0.4, 0.5) is 16.2 Å². The molecule has 1 saturated heterocycles. The van der Waals surface area contributed by atoms with Crippen LogP contribution in [0.25, 0.3) is 10.8 Å². The second-order valence-electron chi connectivity index (χ2n) is 7.88. The summed E-state index contributed by atoms with van der Waals surface area (Å²) < 4.78 is 5.49. The van der Waals surface area contributed by atoms with Crippen molar-refractivity contribution in [3.8, 4) is 0 Å². The first-order valence-electron chi connectivity index (χ1n) is 9.08. The number of fused-ring (bicyclic) bond motifs is 1. The smallest absolute Gasteiger partial charge is 0.410 e. The van der Waals surface area contributed by atoms with Crippen LogP contribution in [0, 0.1) is 10.1 Å². The largest absolute Gasteiger partial charge is 0.444 e. The molecule has 0 N–H and O–H groups in total. The van der Waals surface area contributed by atoms with E-state index in [0.717, 1.165) is 11.1 Å². The Hall–Kier alpha value is -2.83. The van der Waals surface area contributed by atoms with Crippen LogP contribution in [-0.2, 0) is 4.74 Å². The van der Waals surface area contributed by atoms with E-state index in [1.54, 1.807) is 23.1 Å². The minimum atomic E-state index is -0.525. The fourth-order valence-electron chi connectivity index (χ4n) is 3.47. The van der Waals surface area contributed by atoms with Crippen molar-refractivity contribution in [1.82, 2.24) is 4.90 Å². The number of anilines is 1. The first-order valence-corrected chi connectivity index (χ1v) is 9.08. The van der Waals surface area contributed by atoms with Crippen LogP contribution in [0.2, 0.25) is 0 Å². The van der Waals surface area contributed by atoms with Crippen molar-refractivity contribution in [1.29, 1.82) is 0 Å². The molecule has 1 heterocycles. The van der Waals surface area contributed by atoms with Gasteiger partial charge in [0.1, 0.15) is 5.60 Å². The van der Waals surface area contributed by atoms with E-state index >= 15 is 0 Å². The molecular weight excluding hydrogens is 346 g/mol. The summed E-state index contributed by atoms with van der Waals surface area (Å²) in [4.78, 5) is 27.3. The molecule has 2 aromatic rings. The molecule has 1 aliphatic rings. The van der Waals surface area contributed by atoms with Gasteiger partial charge in [-0.3, -0.25) is 10.1 Å². The van der Waals surface area contributed by atoms with Gasteiger partial charge < -0.3 is 14.5 Å². The Labute approximate surface area is 158 Å². The number of nitrogens with zero attached hydrogens (tertiary/aromatic N) is 3. The van der Waals surface area contributed by atoms with E-state index in [4.69, 9.17) is 4.74 Å². The van der Waals surface area contributed by atoms with Crippen LogP contribution in [0.15, 0.2) is 36.4 Å². The number of hydrogen-bond acceptors (Lipinski definition) is 5. The van der Waals surface area contributed by atoms with Gasteiger partial charge in [-0.25, -0.2) is 4.79 Å². The molecule has 1 unspecified atom stereocenters. The lowest BCUT2D eigenvalue weighted by Gasteiger charge is -2.41. The zero-order valence-corrected chi connectivity index (χ0v) is 16.1. The molecular formula is C20H25N3O4. The molecule has 3 rings (SSSR count). The average molecular weight is 371 g/mol. The van der Waals surface area contributed by atoms with E-state index < -0.39 is 5.60 Å². The molecule has 0 spiro atoms. The predicted octanol–water partition coefficient (Wildman–Crippen LogP) is 4.19. The number of hydrogen-bond donors (Lipinski definition) is 0. The Morgan fingerprint density at radius 3 is 2.41 bits per heavy atom. The minimum absolute atomic E-state index is 0.0254. The summed E-state index contributed by atoms with van der Waals surface area (Å²) in [5.41, 5.74) is 0.532. The number of carbonyl (C=O) groups excluding carboxylic acids is 1. The standard InChI is InChI=1S/C20H25N3O4/c1-14-13-21(11-12-22(14)19(24)27-20(2,3)4)17-9-10-18(23(25)26)16-8-6-5-7-15(16)17/h5-10,14H,11-13H2,1-4H3. The zero-order valence-electron chi connectivity index (χ0n) is 16.1. The summed E-state index contributed by atoms with van der Waals surface area (Å²) in [7, 11) is 0. The summed E-state index contributed by atoms with van der Waals surface area (Å²) in [6.45, 7) is 9.38. The van der Waals surface area contributed by atoms with Crippen molar-refractivity contribution in [3.63, 3.8) is 0 Å². The van der Waals surface area contributed by atoms with Crippen molar-refractivity contribution in [2.45, 2.75) is 39.3 Å². The quantitative estimate of drug-likeness (QED) is 0.584. The molecule has 1 fully saturated rings. The Morgan fingerprint density at radius 1 is 1.15 bits per heavy atom. The topological polar surface area (TPSA) is 75.9 Å². The van der Waals surface area contributed by atoms with Gasteiger partial charge in [0.2, 0.25) is 0 Å². The van der Waals surface area contributed by atoms with E-state index in [2.05, 4.69) is 4.90 Å². The van der Waals surface area contributed by atoms with Crippen LogP contribution in [0.5, 0.6) is 0 Å². The minimum Gasteiger partial charge on any atom is -0.444 e. The average Bonchev–Trinajstić information content (AvgIpc) is 2.58. The maximum Gasteiger partial charge on any atom is 0.410 e. The Kier molecular flexibility index (Phi) is 4.95. The fourth-order valence-corrected chi connectivity index (χ4v) is 3.47. The second-order valence-corrected chi connectivity index (χ2v) is 7.88. The first kappa shape index (κ1) is 18.9. The van der Waals surface area contributed by atoms with Gasteiger partial charge in [0.15, 0.2) is 0 Å². The van der Waals surface area contributed by atoms with Gasteiger partial charge in [-0.1, -0.05) is 18.2 Å². The molecule has 7 nitrogen and oxygen atoms in total. The number of ether oxygens (including phenoxy) is 1. The van der Waals surface area contributed by atoms with Crippen LogP contribution in [-0.4, -0.2) is 47.2 Å². The van der Waals surface area contributed by atoms with Crippen molar-refractivity contribution < 1.29 is 14.5 Å². The molecule has 0 aliphatic carbocycles. The lowest BCUT2D eigenvalue weighted by Crippen LogP contribution is -2.55. The molecule has 0 saturated carbocycles. The lowest BCUT2D eigenvalue weighted by atomic mass is 10.0. The van der Waals surface area contributed by atoms with E-state index in [9.17, 15) is 14.9 Å². The predicted molar refractivity (Wildman–Crippen MR) is 105 cm³/mol. The molecule has 0 bridgehead atoms. The maximum absolute atomic E-state index is 12.4. The lowest BCUT2D eigenvalue weighted by molar-refractivity contribution is -0.383. The Bertz CT molecular complexity index is 875. The summed E-state index contributed by atoms with van der Waals surface area (Å²) >= 11 is 0. The third-order valence-corrected chi connectivity index (χ3v) is 4.67. The highest BCUT2D eigenvalue weighted by molar-refractivity contribution is 6.00. The van der Waals surface area contributed by atoms with Crippen LogP contribution >= 0.6 is 0 Å². The van der Waals surface area contributed by atoms with E-state index in [1.165, 1.54) is 0 Å². The number of nitro groups is 1. The maximum atomic E-state index is 12.4. The van der Waals surface area contributed by atoms with Crippen molar-refractivity contribution in [2.24, 2.45) is 0 Å². The monoisotopic (exact) mass is 371 g/mol. The summed E-state index contributed by atoms with van der Waals surface area (Å²) in [6.07, 6.45) is -0.303. The van der Waals surface area contributed by atoms with Crippen LogP contribution < -0.4 is 4.90 Å². The molecule has 0 radical (unpaired) electrons. The first-order chi connectivity index (χ1) is 12.7. The normalized spacial score (nSPS) is 17.9. The summed E-state index contributed by atoms with van der Waals surface area (Å²) in [5, 5.41) is 12.8. The molecule has 27 heavy (non-hydrogen) atoms. The van der Waals surface area contributed by atoms with Gasteiger partial charge in [-0.15, -0.1) is 0 Å². The second kappa shape index (κ2) is 7.06. The van der Waals surface area contributed by atoms with Gasteiger partial charge in [-0.05, 0) is 39.8 Å². The third kappa shape index (κ3) is 3.97. The fraction of sp³-hybridized carbons (Fsp3) is 0.450. The van der Waals surface area contributed by atoms with Gasteiger partial charge >= 0.3 is 6.09 Å². The Balaban J connectivity index is 1.85. The van der Waals surface area contributed by atoms with E-state index in [0.29, 0.717) is 25.0 Å².